The number of carbonyl (C=O) groups excluding carboxylic acids is 1. The minimum absolute atomic E-state index is 0.0308. The van der Waals surface area contributed by atoms with Gasteiger partial charge in [0.1, 0.15) is 0 Å². The van der Waals surface area contributed by atoms with Crippen LogP contribution in [0.2, 0.25) is 0 Å². The third kappa shape index (κ3) is 3.23. The molecular formula is C14H24N2O4. The third-order valence-corrected chi connectivity index (χ3v) is 4.25. The van der Waals surface area contributed by atoms with Gasteiger partial charge in [0.25, 0.3) is 0 Å². The van der Waals surface area contributed by atoms with Crippen molar-refractivity contribution < 1.29 is 19.4 Å². The Balaban J connectivity index is 2.01. The molecule has 1 heterocycles. The smallest absolute Gasteiger partial charge is 0.320 e. The van der Waals surface area contributed by atoms with E-state index in [1.807, 2.05) is 4.90 Å². The molecule has 0 aromatic heterocycles. The van der Waals surface area contributed by atoms with Gasteiger partial charge < -0.3 is 19.6 Å². The van der Waals surface area contributed by atoms with E-state index >= 15 is 0 Å². The fourth-order valence-corrected chi connectivity index (χ4v) is 2.77. The molecule has 1 aliphatic heterocycles. The molecule has 2 rings (SSSR count). The van der Waals surface area contributed by atoms with Gasteiger partial charge >= 0.3 is 12.0 Å². The van der Waals surface area contributed by atoms with Gasteiger partial charge in [-0.15, -0.1) is 0 Å². The molecule has 0 aromatic carbocycles. The molecule has 2 fully saturated rings. The van der Waals surface area contributed by atoms with Crippen molar-refractivity contribution in [3.05, 3.63) is 0 Å². The maximum Gasteiger partial charge on any atom is 0.320 e. The van der Waals surface area contributed by atoms with Crippen LogP contribution in [0.4, 0.5) is 4.79 Å². The molecule has 0 spiro atoms. The molecule has 6 heteroatoms. The van der Waals surface area contributed by atoms with Crippen LogP contribution < -0.4 is 0 Å². The first-order chi connectivity index (χ1) is 9.48. The predicted octanol–water partition coefficient (Wildman–Crippen LogP) is 1.40. The van der Waals surface area contributed by atoms with Crippen LogP contribution in [0.25, 0.3) is 0 Å². The highest BCUT2D eigenvalue weighted by atomic mass is 16.5. The highest BCUT2D eigenvalue weighted by Gasteiger charge is 2.42. The molecule has 0 radical (unpaired) electrons. The maximum absolute atomic E-state index is 12.6. The summed E-state index contributed by atoms with van der Waals surface area (Å²) < 4.78 is 5.06. The van der Waals surface area contributed by atoms with Crippen molar-refractivity contribution in [2.45, 2.75) is 38.6 Å². The Morgan fingerprint density at radius 3 is 2.70 bits per heavy atom. The average molecular weight is 284 g/mol. The number of aliphatic carboxylic acids is 1. The molecule has 6 nitrogen and oxygen atoms in total. The zero-order chi connectivity index (χ0) is 14.8. The van der Waals surface area contributed by atoms with E-state index in [0.717, 1.165) is 19.3 Å². The second-order valence-corrected chi connectivity index (χ2v) is 6.09. The first-order valence-corrected chi connectivity index (χ1v) is 7.26. The quantitative estimate of drug-likeness (QED) is 0.828. The summed E-state index contributed by atoms with van der Waals surface area (Å²) >= 11 is 0. The molecule has 1 unspecified atom stereocenters. The van der Waals surface area contributed by atoms with Gasteiger partial charge in [0, 0.05) is 32.8 Å². The van der Waals surface area contributed by atoms with Crippen LogP contribution >= 0.6 is 0 Å². The van der Waals surface area contributed by atoms with E-state index in [-0.39, 0.29) is 6.03 Å². The summed E-state index contributed by atoms with van der Waals surface area (Å²) in [6.45, 7) is 3.78. The number of carboxylic acids is 1. The van der Waals surface area contributed by atoms with Gasteiger partial charge in [-0.2, -0.15) is 0 Å². The highest BCUT2D eigenvalue weighted by Crippen LogP contribution is 2.32. The zero-order valence-electron chi connectivity index (χ0n) is 12.3. The molecule has 2 aliphatic rings. The minimum Gasteiger partial charge on any atom is -0.481 e. The van der Waals surface area contributed by atoms with E-state index in [1.165, 1.54) is 0 Å². The molecule has 1 aliphatic carbocycles. The molecule has 0 aromatic rings. The van der Waals surface area contributed by atoms with E-state index < -0.39 is 11.4 Å². The number of hydrogen-bond donors (Lipinski definition) is 1. The lowest BCUT2D eigenvalue weighted by atomic mass is 9.82. The lowest BCUT2D eigenvalue weighted by molar-refractivity contribution is -0.150. The van der Waals surface area contributed by atoms with Crippen molar-refractivity contribution >= 4 is 12.0 Å². The first-order valence-electron chi connectivity index (χ1n) is 7.26. The SMILES string of the molecule is COCCN(C(=O)N1CCCC(C)(C(=O)O)C1)C1CC1. The molecule has 2 amide bonds. The normalized spacial score (nSPS) is 26.4. The van der Waals surface area contributed by atoms with E-state index in [9.17, 15) is 14.7 Å². The number of hydrogen-bond acceptors (Lipinski definition) is 3. The number of carboxylic acid groups (broad SMARTS) is 1. The van der Waals surface area contributed by atoms with Crippen LogP contribution in [0.5, 0.6) is 0 Å². The zero-order valence-corrected chi connectivity index (χ0v) is 12.3. The average Bonchev–Trinajstić information content (AvgIpc) is 3.23. The topological polar surface area (TPSA) is 70.1 Å². The number of rotatable bonds is 5. The van der Waals surface area contributed by atoms with Gasteiger partial charge in [-0.3, -0.25) is 4.79 Å². The number of urea groups is 1. The van der Waals surface area contributed by atoms with Crippen molar-refractivity contribution in [3.8, 4) is 0 Å². The number of piperidine rings is 1. The summed E-state index contributed by atoms with van der Waals surface area (Å²) in [4.78, 5) is 27.5. The Labute approximate surface area is 119 Å². The number of ether oxygens (including phenoxy) is 1. The van der Waals surface area contributed by atoms with Crippen LogP contribution in [0, 0.1) is 5.41 Å². The van der Waals surface area contributed by atoms with Gasteiger partial charge in [0.05, 0.1) is 12.0 Å². The maximum atomic E-state index is 12.6. The lowest BCUT2D eigenvalue weighted by Crippen LogP contribution is -2.53. The van der Waals surface area contributed by atoms with E-state index in [0.29, 0.717) is 38.7 Å². The number of likely N-dealkylation sites (tertiary alicyclic amines) is 1. The largest absolute Gasteiger partial charge is 0.481 e. The molecule has 114 valence electrons. The van der Waals surface area contributed by atoms with Gasteiger partial charge in [-0.1, -0.05) is 0 Å². The van der Waals surface area contributed by atoms with Gasteiger partial charge in [0.2, 0.25) is 0 Å². The minimum atomic E-state index is -0.815. The van der Waals surface area contributed by atoms with E-state index in [1.54, 1.807) is 18.9 Å². The summed E-state index contributed by atoms with van der Waals surface area (Å²) in [6.07, 6.45) is 3.46. The molecule has 0 bridgehead atoms. The molecule has 1 saturated carbocycles. The lowest BCUT2D eigenvalue weighted by Gasteiger charge is -2.40. The second-order valence-electron chi connectivity index (χ2n) is 6.09. The second kappa shape index (κ2) is 5.99. The van der Waals surface area contributed by atoms with Crippen molar-refractivity contribution in [3.63, 3.8) is 0 Å². The Bertz CT molecular complexity index is 383. The molecule has 1 saturated heterocycles. The Morgan fingerprint density at radius 1 is 1.45 bits per heavy atom. The highest BCUT2D eigenvalue weighted by molar-refractivity contribution is 5.79. The van der Waals surface area contributed by atoms with Gasteiger partial charge in [0.15, 0.2) is 0 Å². The Morgan fingerprint density at radius 2 is 2.15 bits per heavy atom. The number of carbonyl (C=O) groups is 2. The van der Waals surface area contributed by atoms with Crippen molar-refractivity contribution in [1.82, 2.24) is 9.80 Å². The van der Waals surface area contributed by atoms with Crippen LogP contribution in [-0.2, 0) is 9.53 Å². The van der Waals surface area contributed by atoms with Crippen LogP contribution in [-0.4, -0.2) is 66.3 Å². The van der Waals surface area contributed by atoms with Crippen molar-refractivity contribution in [2.24, 2.45) is 5.41 Å². The molecular weight excluding hydrogens is 260 g/mol. The summed E-state index contributed by atoms with van der Waals surface area (Å²) in [5.41, 5.74) is -0.815. The Hall–Kier alpha value is -1.30. The molecule has 1 atom stereocenters. The van der Waals surface area contributed by atoms with Crippen molar-refractivity contribution in [2.75, 3.05) is 33.4 Å². The fourth-order valence-electron chi connectivity index (χ4n) is 2.77. The van der Waals surface area contributed by atoms with Crippen molar-refractivity contribution in [1.29, 1.82) is 0 Å². The standard InChI is InChI=1S/C14H24N2O4/c1-14(12(17)18)6-3-7-15(10-14)13(19)16(8-9-20-2)11-4-5-11/h11H,3-10H2,1-2H3,(H,17,18). The fraction of sp³-hybridized carbons (Fsp3) is 0.857. The van der Waals surface area contributed by atoms with Gasteiger partial charge in [-0.05, 0) is 32.6 Å². The summed E-state index contributed by atoms with van der Waals surface area (Å²) in [5, 5.41) is 9.33. The van der Waals surface area contributed by atoms with Crippen LogP contribution in [0.3, 0.4) is 0 Å². The third-order valence-electron chi connectivity index (χ3n) is 4.25. The predicted molar refractivity (Wildman–Crippen MR) is 73.5 cm³/mol. The summed E-state index contributed by atoms with van der Waals surface area (Å²) in [5.74, 6) is -0.815. The summed E-state index contributed by atoms with van der Waals surface area (Å²) in [7, 11) is 1.62. The number of amides is 2. The first kappa shape index (κ1) is 15.1. The van der Waals surface area contributed by atoms with E-state index in [2.05, 4.69) is 0 Å². The summed E-state index contributed by atoms with van der Waals surface area (Å²) in [6, 6.07) is 0.285. The van der Waals surface area contributed by atoms with Gasteiger partial charge in [-0.25, -0.2) is 4.79 Å². The van der Waals surface area contributed by atoms with Crippen LogP contribution in [0.15, 0.2) is 0 Å². The monoisotopic (exact) mass is 284 g/mol. The Kier molecular flexibility index (Phi) is 4.52. The number of nitrogens with zero attached hydrogens (tertiary/aromatic N) is 2. The molecule has 1 N–H and O–H groups in total. The molecule has 20 heavy (non-hydrogen) atoms. The van der Waals surface area contributed by atoms with E-state index in [4.69, 9.17) is 4.74 Å². The van der Waals surface area contributed by atoms with Crippen LogP contribution in [0.1, 0.15) is 32.6 Å². The number of methoxy groups -OCH3 is 1.